The molecule has 0 fully saturated rings. The maximum Gasteiger partial charge on any atom is 0.112 e. The Morgan fingerprint density at radius 1 is 1.44 bits per heavy atom. The fraction of sp³-hybridized carbons (Fsp3) is 0.357. The second kappa shape index (κ2) is 5.67. The molecule has 0 amide bonds. The first-order valence-corrected chi connectivity index (χ1v) is 6.96. The van der Waals surface area contributed by atoms with Gasteiger partial charge in [0.2, 0.25) is 0 Å². The van der Waals surface area contributed by atoms with Crippen LogP contribution in [0.3, 0.4) is 0 Å². The number of benzene rings is 1. The average Bonchev–Trinajstić information content (AvgIpc) is 2.85. The van der Waals surface area contributed by atoms with Crippen molar-refractivity contribution in [1.82, 2.24) is 14.9 Å². The van der Waals surface area contributed by atoms with Gasteiger partial charge in [-0.1, -0.05) is 28.9 Å². The minimum atomic E-state index is 0.306. The molecule has 0 radical (unpaired) electrons. The Morgan fingerprint density at radius 3 is 2.89 bits per heavy atom. The monoisotopic (exact) mass is 307 g/mol. The highest BCUT2D eigenvalue weighted by Gasteiger charge is 2.13. The van der Waals surface area contributed by atoms with Gasteiger partial charge in [-0.25, -0.2) is 4.98 Å². The number of nitrogens with zero attached hydrogens (tertiary/aromatic N) is 2. The van der Waals surface area contributed by atoms with Crippen LogP contribution in [0.1, 0.15) is 31.3 Å². The Balaban J connectivity index is 2.58. The van der Waals surface area contributed by atoms with E-state index in [0.29, 0.717) is 6.04 Å². The van der Waals surface area contributed by atoms with E-state index in [-0.39, 0.29) is 0 Å². The lowest BCUT2D eigenvalue weighted by atomic mass is 10.1. The van der Waals surface area contributed by atoms with E-state index in [0.717, 1.165) is 16.7 Å². The number of halogens is 1. The van der Waals surface area contributed by atoms with Crippen LogP contribution in [0.4, 0.5) is 0 Å². The van der Waals surface area contributed by atoms with Crippen LogP contribution in [0.2, 0.25) is 0 Å². The molecule has 4 heteroatoms. The van der Waals surface area contributed by atoms with Crippen molar-refractivity contribution in [3.63, 3.8) is 0 Å². The third kappa shape index (κ3) is 2.49. The summed E-state index contributed by atoms with van der Waals surface area (Å²) in [7, 11) is 1.98. The zero-order chi connectivity index (χ0) is 13.1. The van der Waals surface area contributed by atoms with E-state index in [1.807, 2.05) is 19.4 Å². The van der Waals surface area contributed by atoms with Crippen LogP contribution in [0.15, 0.2) is 35.1 Å². The van der Waals surface area contributed by atoms with Gasteiger partial charge in [-0.3, -0.25) is 0 Å². The maximum absolute atomic E-state index is 4.39. The highest BCUT2D eigenvalue weighted by molar-refractivity contribution is 9.10. The van der Waals surface area contributed by atoms with Gasteiger partial charge in [0, 0.05) is 29.3 Å². The molecule has 0 aliphatic carbocycles. The lowest BCUT2D eigenvalue weighted by Gasteiger charge is -2.18. The summed E-state index contributed by atoms with van der Waals surface area (Å²) in [5, 5.41) is 3.29. The number of hydrogen-bond acceptors (Lipinski definition) is 2. The standard InChI is InChI=1S/C14H18BrN3/c1-4-14-17-7-8-18(14)13-9-11(15)5-6-12(13)10(2)16-3/h5-10,16H,4H2,1-3H3. The van der Waals surface area contributed by atoms with Crippen molar-refractivity contribution >= 4 is 15.9 Å². The van der Waals surface area contributed by atoms with E-state index in [4.69, 9.17) is 0 Å². The van der Waals surface area contributed by atoms with Crippen LogP contribution in [0, 0.1) is 0 Å². The van der Waals surface area contributed by atoms with Crippen molar-refractivity contribution in [2.75, 3.05) is 7.05 Å². The van der Waals surface area contributed by atoms with Gasteiger partial charge in [0.05, 0.1) is 5.69 Å². The highest BCUT2D eigenvalue weighted by atomic mass is 79.9. The maximum atomic E-state index is 4.39. The molecule has 0 saturated heterocycles. The van der Waals surface area contributed by atoms with Gasteiger partial charge < -0.3 is 9.88 Å². The van der Waals surface area contributed by atoms with E-state index in [9.17, 15) is 0 Å². The molecule has 2 aromatic rings. The molecule has 1 atom stereocenters. The predicted octanol–water partition coefficient (Wildman–Crippen LogP) is 3.48. The normalized spacial score (nSPS) is 12.7. The van der Waals surface area contributed by atoms with Crippen molar-refractivity contribution in [3.05, 3.63) is 46.5 Å². The van der Waals surface area contributed by atoms with Gasteiger partial charge >= 0.3 is 0 Å². The number of hydrogen-bond donors (Lipinski definition) is 1. The molecule has 0 bridgehead atoms. The van der Waals surface area contributed by atoms with Gasteiger partial charge in [0.1, 0.15) is 5.82 Å². The van der Waals surface area contributed by atoms with Crippen LogP contribution < -0.4 is 5.32 Å². The van der Waals surface area contributed by atoms with Crippen molar-refractivity contribution in [3.8, 4) is 5.69 Å². The topological polar surface area (TPSA) is 29.9 Å². The molecule has 0 aliphatic rings. The van der Waals surface area contributed by atoms with Crippen molar-refractivity contribution in [1.29, 1.82) is 0 Å². The van der Waals surface area contributed by atoms with E-state index < -0.39 is 0 Å². The average molecular weight is 308 g/mol. The number of rotatable bonds is 4. The zero-order valence-corrected chi connectivity index (χ0v) is 12.5. The minimum absolute atomic E-state index is 0.306. The first-order valence-electron chi connectivity index (χ1n) is 6.16. The van der Waals surface area contributed by atoms with Crippen molar-refractivity contribution in [2.24, 2.45) is 0 Å². The fourth-order valence-corrected chi connectivity index (χ4v) is 2.41. The Bertz CT molecular complexity index is 534. The van der Waals surface area contributed by atoms with Gasteiger partial charge in [-0.15, -0.1) is 0 Å². The highest BCUT2D eigenvalue weighted by Crippen LogP contribution is 2.26. The number of aryl methyl sites for hydroxylation is 1. The molecule has 0 aliphatic heterocycles. The van der Waals surface area contributed by atoms with Crippen molar-refractivity contribution in [2.45, 2.75) is 26.3 Å². The SMILES string of the molecule is CCc1nccn1-c1cc(Br)ccc1C(C)NC. The summed E-state index contributed by atoms with van der Waals surface area (Å²) in [5.74, 6) is 1.08. The third-order valence-corrected chi connectivity index (χ3v) is 3.68. The Kier molecular flexibility index (Phi) is 4.19. The van der Waals surface area contributed by atoms with Crippen molar-refractivity contribution < 1.29 is 0 Å². The second-order valence-electron chi connectivity index (χ2n) is 4.28. The fourth-order valence-electron chi connectivity index (χ4n) is 2.06. The smallest absolute Gasteiger partial charge is 0.112 e. The first kappa shape index (κ1) is 13.3. The van der Waals surface area contributed by atoms with Crippen LogP contribution in [0.5, 0.6) is 0 Å². The number of imidazole rings is 1. The molecule has 2 rings (SSSR count). The molecule has 0 spiro atoms. The molecule has 1 aromatic carbocycles. The van der Waals surface area contributed by atoms with E-state index >= 15 is 0 Å². The van der Waals surface area contributed by atoms with E-state index in [2.05, 4.69) is 62.8 Å². The minimum Gasteiger partial charge on any atom is -0.313 e. The van der Waals surface area contributed by atoms with Crippen LogP contribution >= 0.6 is 15.9 Å². The summed E-state index contributed by atoms with van der Waals surface area (Å²) in [5.41, 5.74) is 2.45. The summed E-state index contributed by atoms with van der Waals surface area (Å²) in [6.07, 6.45) is 4.80. The predicted molar refractivity (Wildman–Crippen MR) is 78.1 cm³/mol. The Morgan fingerprint density at radius 2 is 2.22 bits per heavy atom. The molecule has 0 saturated carbocycles. The second-order valence-corrected chi connectivity index (χ2v) is 5.20. The van der Waals surface area contributed by atoms with E-state index in [1.165, 1.54) is 11.3 Å². The Labute approximate surface area is 116 Å². The Hall–Kier alpha value is -1.13. The van der Waals surface area contributed by atoms with Gasteiger partial charge in [-0.05, 0) is 31.7 Å². The molecule has 1 aromatic heterocycles. The van der Waals surface area contributed by atoms with E-state index in [1.54, 1.807) is 0 Å². The van der Waals surface area contributed by atoms with Gasteiger partial charge in [0.15, 0.2) is 0 Å². The largest absolute Gasteiger partial charge is 0.313 e. The first-order chi connectivity index (χ1) is 8.67. The lowest BCUT2D eigenvalue weighted by molar-refractivity contribution is 0.646. The number of aromatic nitrogens is 2. The van der Waals surface area contributed by atoms with Gasteiger partial charge in [0.25, 0.3) is 0 Å². The molecular weight excluding hydrogens is 290 g/mol. The zero-order valence-electron chi connectivity index (χ0n) is 10.9. The quantitative estimate of drug-likeness (QED) is 0.937. The van der Waals surface area contributed by atoms with Gasteiger partial charge in [-0.2, -0.15) is 0 Å². The summed E-state index contributed by atoms with van der Waals surface area (Å²) in [6, 6.07) is 6.68. The summed E-state index contributed by atoms with van der Waals surface area (Å²) in [6.45, 7) is 4.28. The third-order valence-electron chi connectivity index (χ3n) is 3.19. The molecule has 3 nitrogen and oxygen atoms in total. The van der Waals surface area contributed by atoms with Crippen LogP contribution in [-0.2, 0) is 6.42 Å². The molecule has 1 unspecified atom stereocenters. The van der Waals surface area contributed by atoms with Crippen LogP contribution in [0.25, 0.3) is 5.69 Å². The lowest BCUT2D eigenvalue weighted by Crippen LogP contribution is -2.15. The summed E-state index contributed by atoms with van der Waals surface area (Å²) in [4.78, 5) is 4.39. The number of nitrogens with one attached hydrogen (secondary N) is 1. The summed E-state index contributed by atoms with van der Waals surface area (Å²) < 4.78 is 3.24. The summed E-state index contributed by atoms with van der Waals surface area (Å²) >= 11 is 3.55. The molecule has 18 heavy (non-hydrogen) atoms. The molecule has 1 heterocycles. The van der Waals surface area contributed by atoms with Crippen LogP contribution in [-0.4, -0.2) is 16.6 Å². The molecule has 1 N–H and O–H groups in total. The molecular formula is C14H18BrN3. The molecule has 96 valence electrons.